The predicted octanol–water partition coefficient (Wildman–Crippen LogP) is 2.92. The van der Waals surface area contributed by atoms with Gasteiger partial charge in [0.1, 0.15) is 5.82 Å². The predicted molar refractivity (Wildman–Crippen MR) is 93.3 cm³/mol. The van der Waals surface area contributed by atoms with Crippen molar-refractivity contribution < 1.29 is 14.0 Å². The largest absolute Gasteiger partial charge is 0.346 e. The van der Waals surface area contributed by atoms with Gasteiger partial charge < -0.3 is 5.32 Å². The van der Waals surface area contributed by atoms with E-state index in [1.807, 2.05) is 12.1 Å². The fourth-order valence-electron chi connectivity index (χ4n) is 1.87. The van der Waals surface area contributed by atoms with Gasteiger partial charge in [0.25, 0.3) is 0 Å². The number of rotatable bonds is 4. The molecular weight excluding hydrogens is 329 g/mol. The lowest BCUT2D eigenvalue weighted by molar-refractivity contribution is -0.139. The first-order valence-corrected chi connectivity index (χ1v) is 8.19. The van der Waals surface area contributed by atoms with Crippen molar-refractivity contribution in [3.05, 3.63) is 47.1 Å². The van der Waals surface area contributed by atoms with Crippen LogP contribution in [0.5, 0.6) is 0 Å². The van der Waals surface area contributed by atoms with E-state index in [-0.39, 0.29) is 11.9 Å². The second-order valence-corrected chi connectivity index (χ2v) is 6.52. The molecule has 1 aromatic heterocycles. The molecule has 0 fully saturated rings. The van der Waals surface area contributed by atoms with Crippen molar-refractivity contribution in [2.45, 2.75) is 26.8 Å². The number of hydrazone groups is 1. The standard InChI is InChI=1S/C17H18FN3O2S/c1-10(2)19-16(22)17(23)21-20-11(3)14-8-9-15(24-14)12-4-6-13(18)7-5-12/h4-10H,1-3H3,(H,19,22)(H,21,23)/b20-11+. The van der Waals surface area contributed by atoms with Gasteiger partial charge in [-0.1, -0.05) is 12.1 Å². The number of hydrogen-bond donors (Lipinski definition) is 2. The van der Waals surface area contributed by atoms with E-state index >= 15 is 0 Å². The van der Waals surface area contributed by atoms with Crippen molar-refractivity contribution in [2.24, 2.45) is 5.10 Å². The van der Waals surface area contributed by atoms with Gasteiger partial charge in [0.2, 0.25) is 0 Å². The highest BCUT2D eigenvalue weighted by atomic mass is 32.1. The first kappa shape index (κ1) is 17.8. The normalized spacial score (nSPS) is 11.5. The number of hydrogen-bond acceptors (Lipinski definition) is 4. The zero-order valence-electron chi connectivity index (χ0n) is 13.6. The molecule has 0 radical (unpaired) electrons. The van der Waals surface area contributed by atoms with E-state index in [2.05, 4.69) is 15.8 Å². The van der Waals surface area contributed by atoms with E-state index in [0.717, 1.165) is 15.3 Å². The average Bonchev–Trinajstić information content (AvgIpc) is 3.02. The Morgan fingerprint density at radius 1 is 1.08 bits per heavy atom. The second-order valence-electron chi connectivity index (χ2n) is 5.44. The Kier molecular flexibility index (Phi) is 5.81. The second kappa shape index (κ2) is 7.83. The molecule has 2 N–H and O–H groups in total. The molecule has 2 aromatic rings. The molecule has 2 amide bonds. The summed E-state index contributed by atoms with van der Waals surface area (Å²) in [6.07, 6.45) is 0. The molecule has 1 heterocycles. The van der Waals surface area contributed by atoms with Gasteiger partial charge in [-0.3, -0.25) is 9.59 Å². The van der Waals surface area contributed by atoms with Gasteiger partial charge in [0, 0.05) is 10.9 Å². The Morgan fingerprint density at radius 2 is 1.75 bits per heavy atom. The van der Waals surface area contributed by atoms with Crippen LogP contribution in [0.2, 0.25) is 0 Å². The van der Waals surface area contributed by atoms with Gasteiger partial charge in [-0.15, -0.1) is 11.3 Å². The third-order valence-electron chi connectivity index (χ3n) is 3.04. The minimum absolute atomic E-state index is 0.121. The van der Waals surface area contributed by atoms with Crippen LogP contribution in [0.15, 0.2) is 41.5 Å². The van der Waals surface area contributed by atoms with Gasteiger partial charge in [-0.05, 0) is 50.6 Å². The van der Waals surface area contributed by atoms with E-state index in [1.54, 1.807) is 32.9 Å². The van der Waals surface area contributed by atoms with E-state index in [9.17, 15) is 14.0 Å². The van der Waals surface area contributed by atoms with Crippen molar-refractivity contribution in [3.8, 4) is 10.4 Å². The van der Waals surface area contributed by atoms with E-state index in [1.165, 1.54) is 23.5 Å². The van der Waals surface area contributed by atoms with Crippen molar-refractivity contribution in [1.29, 1.82) is 0 Å². The highest BCUT2D eigenvalue weighted by Gasteiger charge is 2.14. The Bertz CT molecular complexity index is 766. The molecule has 0 bridgehead atoms. The molecule has 0 saturated carbocycles. The van der Waals surface area contributed by atoms with Crippen LogP contribution in [0.3, 0.4) is 0 Å². The highest BCUT2D eigenvalue weighted by Crippen LogP contribution is 2.28. The van der Waals surface area contributed by atoms with Crippen molar-refractivity contribution in [2.75, 3.05) is 0 Å². The molecule has 5 nitrogen and oxygen atoms in total. The van der Waals surface area contributed by atoms with Crippen molar-refractivity contribution in [1.82, 2.24) is 10.7 Å². The number of halogens is 1. The number of benzene rings is 1. The van der Waals surface area contributed by atoms with Crippen LogP contribution in [0.25, 0.3) is 10.4 Å². The molecule has 0 aliphatic heterocycles. The SMILES string of the molecule is C/C(=N\NC(=O)C(=O)NC(C)C)c1ccc(-c2ccc(F)cc2)s1. The molecule has 1 aromatic carbocycles. The van der Waals surface area contributed by atoms with Gasteiger partial charge in [-0.2, -0.15) is 5.10 Å². The maximum absolute atomic E-state index is 13.0. The number of thiophene rings is 1. The Morgan fingerprint density at radius 3 is 2.38 bits per heavy atom. The molecule has 0 unspecified atom stereocenters. The lowest BCUT2D eigenvalue weighted by Crippen LogP contribution is -2.41. The number of nitrogens with one attached hydrogen (secondary N) is 2. The van der Waals surface area contributed by atoms with Crippen LogP contribution in [0.1, 0.15) is 25.6 Å². The van der Waals surface area contributed by atoms with Crippen LogP contribution < -0.4 is 10.7 Å². The quantitative estimate of drug-likeness (QED) is 0.507. The molecule has 0 atom stereocenters. The Labute approximate surface area is 143 Å². The van der Waals surface area contributed by atoms with Crippen LogP contribution in [0, 0.1) is 5.82 Å². The minimum atomic E-state index is -0.807. The molecule has 2 rings (SSSR count). The van der Waals surface area contributed by atoms with E-state index < -0.39 is 11.8 Å². The maximum atomic E-state index is 13.0. The van der Waals surface area contributed by atoms with Gasteiger partial charge in [0.05, 0.1) is 10.6 Å². The van der Waals surface area contributed by atoms with Crippen LogP contribution >= 0.6 is 11.3 Å². The average molecular weight is 347 g/mol. The first-order chi connectivity index (χ1) is 11.4. The highest BCUT2D eigenvalue weighted by molar-refractivity contribution is 7.17. The van der Waals surface area contributed by atoms with Crippen molar-refractivity contribution >= 4 is 28.9 Å². The molecule has 0 spiro atoms. The Balaban J connectivity index is 2.05. The summed E-state index contributed by atoms with van der Waals surface area (Å²) in [5.74, 6) is -1.81. The first-order valence-electron chi connectivity index (χ1n) is 7.38. The summed E-state index contributed by atoms with van der Waals surface area (Å²) < 4.78 is 13.0. The number of amides is 2. The Hall–Kier alpha value is -2.54. The summed E-state index contributed by atoms with van der Waals surface area (Å²) in [6.45, 7) is 5.27. The maximum Gasteiger partial charge on any atom is 0.329 e. The van der Waals surface area contributed by atoms with Gasteiger partial charge in [-0.25, -0.2) is 9.82 Å². The number of nitrogens with zero attached hydrogens (tertiary/aromatic N) is 1. The fraction of sp³-hybridized carbons (Fsp3) is 0.235. The lowest BCUT2D eigenvalue weighted by Gasteiger charge is -2.06. The van der Waals surface area contributed by atoms with Crippen LogP contribution in [-0.2, 0) is 9.59 Å². The summed E-state index contributed by atoms with van der Waals surface area (Å²) in [6, 6.07) is 9.86. The third-order valence-corrected chi connectivity index (χ3v) is 4.29. The molecule has 0 aliphatic carbocycles. The monoisotopic (exact) mass is 347 g/mol. The molecule has 0 aliphatic rings. The van der Waals surface area contributed by atoms with Crippen molar-refractivity contribution in [3.63, 3.8) is 0 Å². The van der Waals surface area contributed by atoms with E-state index in [4.69, 9.17) is 0 Å². The zero-order valence-corrected chi connectivity index (χ0v) is 14.4. The zero-order chi connectivity index (χ0) is 17.7. The summed E-state index contributed by atoms with van der Waals surface area (Å²) in [5.41, 5.74) is 3.72. The summed E-state index contributed by atoms with van der Waals surface area (Å²) >= 11 is 1.47. The summed E-state index contributed by atoms with van der Waals surface area (Å²) in [7, 11) is 0. The van der Waals surface area contributed by atoms with Crippen LogP contribution in [0.4, 0.5) is 4.39 Å². The van der Waals surface area contributed by atoms with E-state index in [0.29, 0.717) is 5.71 Å². The summed E-state index contributed by atoms with van der Waals surface area (Å²) in [5, 5.41) is 6.44. The molecule has 7 heteroatoms. The summed E-state index contributed by atoms with van der Waals surface area (Å²) in [4.78, 5) is 24.9. The topological polar surface area (TPSA) is 70.6 Å². The molecular formula is C17H18FN3O2S. The van der Waals surface area contributed by atoms with Crippen LogP contribution in [-0.4, -0.2) is 23.6 Å². The number of carbonyl (C=O) groups is 2. The molecule has 0 saturated heterocycles. The third kappa shape index (κ3) is 4.73. The molecule has 126 valence electrons. The minimum Gasteiger partial charge on any atom is -0.346 e. The fourth-order valence-corrected chi connectivity index (χ4v) is 2.83. The van der Waals surface area contributed by atoms with Gasteiger partial charge >= 0.3 is 11.8 Å². The van der Waals surface area contributed by atoms with Gasteiger partial charge in [0.15, 0.2) is 0 Å². The molecule has 24 heavy (non-hydrogen) atoms. The lowest BCUT2D eigenvalue weighted by atomic mass is 10.2. The smallest absolute Gasteiger partial charge is 0.329 e. The number of carbonyl (C=O) groups excluding carboxylic acids is 2.